The van der Waals surface area contributed by atoms with Gasteiger partial charge < -0.3 is 9.64 Å². The van der Waals surface area contributed by atoms with Gasteiger partial charge in [0.2, 0.25) is 5.91 Å². The maximum absolute atomic E-state index is 12.2. The molecule has 0 atom stereocenters. The molecule has 0 saturated carbocycles. The Morgan fingerprint density at radius 1 is 1.33 bits per heavy atom. The molecule has 0 bridgehead atoms. The predicted octanol–water partition coefficient (Wildman–Crippen LogP) is 4.15. The van der Waals surface area contributed by atoms with Crippen LogP contribution in [-0.4, -0.2) is 30.0 Å². The summed E-state index contributed by atoms with van der Waals surface area (Å²) in [5.74, 6) is 1.06. The molecule has 1 aliphatic heterocycles. The van der Waals surface area contributed by atoms with Crippen molar-refractivity contribution < 1.29 is 9.53 Å². The number of carbonyl (C=O) groups is 1. The Morgan fingerprint density at radius 3 is 2.57 bits per heavy atom. The lowest BCUT2D eigenvalue weighted by molar-refractivity contribution is -0.134. The highest BCUT2D eigenvalue weighted by molar-refractivity contribution is 6.30. The van der Waals surface area contributed by atoms with Crippen LogP contribution in [-0.2, 0) is 4.79 Å². The zero-order chi connectivity index (χ0) is 15.5. The van der Waals surface area contributed by atoms with E-state index in [2.05, 4.69) is 20.8 Å². The first-order valence-corrected chi connectivity index (χ1v) is 7.91. The van der Waals surface area contributed by atoms with Crippen LogP contribution in [0.3, 0.4) is 0 Å². The lowest BCUT2D eigenvalue weighted by atomic mass is 9.91. The van der Waals surface area contributed by atoms with Gasteiger partial charge in [0.25, 0.3) is 0 Å². The van der Waals surface area contributed by atoms with Crippen LogP contribution < -0.4 is 4.74 Å². The Hall–Kier alpha value is -1.22. The van der Waals surface area contributed by atoms with E-state index in [1.54, 1.807) is 0 Å². The summed E-state index contributed by atoms with van der Waals surface area (Å²) in [6.07, 6.45) is 2.53. The van der Waals surface area contributed by atoms with Crippen LogP contribution in [0, 0.1) is 5.41 Å². The van der Waals surface area contributed by atoms with Gasteiger partial charge >= 0.3 is 0 Å². The number of likely N-dealkylation sites (tertiary alicyclic amines) is 1. The van der Waals surface area contributed by atoms with Gasteiger partial charge in [-0.3, -0.25) is 4.79 Å². The molecule has 0 N–H and O–H groups in total. The quantitative estimate of drug-likeness (QED) is 0.839. The highest BCUT2D eigenvalue weighted by Crippen LogP contribution is 2.24. The number of hydrogen-bond acceptors (Lipinski definition) is 2. The minimum atomic E-state index is 0.0468. The van der Waals surface area contributed by atoms with Crippen LogP contribution in [0.4, 0.5) is 0 Å². The number of halogens is 1. The van der Waals surface area contributed by atoms with Gasteiger partial charge in [0, 0.05) is 37.4 Å². The summed E-state index contributed by atoms with van der Waals surface area (Å²) in [6.45, 7) is 7.85. The van der Waals surface area contributed by atoms with Gasteiger partial charge in [-0.2, -0.15) is 0 Å². The van der Waals surface area contributed by atoms with Crippen molar-refractivity contribution in [1.82, 2.24) is 4.90 Å². The van der Waals surface area contributed by atoms with Crippen molar-refractivity contribution in [2.45, 2.75) is 46.1 Å². The molecule has 1 aliphatic rings. The molecule has 1 saturated heterocycles. The number of nitrogens with zero attached hydrogens (tertiary/aromatic N) is 1. The second kappa shape index (κ2) is 6.69. The van der Waals surface area contributed by atoms with Gasteiger partial charge in [0.05, 0.1) is 0 Å². The fraction of sp³-hybridized carbons (Fsp3) is 0.588. The maximum Gasteiger partial charge on any atom is 0.223 e. The average molecular weight is 310 g/mol. The summed E-state index contributed by atoms with van der Waals surface area (Å²) in [4.78, 5) is 14.2. The molecule has 1 fully saturated rings. The van der Waals surface area contributed by atoms with Crippen molar-refractivity contribution in [3.8, 4) is 5.75 Å². The van der Waals surface area contributed by atoms with Crippen molar-refractivity contribution in [2.75, 3.05) is 13.1 Å². The largest absolute Gasteiger partial charge is 0.490 e. The third kappa shape index (κ3) is 5.24. The standard InChI is InChI=1S/C17H24ClNO2/c1-17(2,3)12-16(20)19-9-7-14(8-10-19)21-15-6-4-5-13(18)11-15/h4-6,11,14H,7-10,12H2,1-3H3. The molecule has 2 rings (SSSR count). The first-order chi connectivity index (χ1) is 9.83. The smallest absolute Gasteiger partial charge is 0.223 e. The van der Waals surface area contributed by atoms with Gasteiger partial charge in [-0.25, -0.2) is 0 Å². The van der Waals surface area contributed by atoms with Crippen LogP contribution in [0.15, 0.2) is 24.3 Å². The van der Waals surface area contributed by atoms with Crippen LogP contribution in [0.5, 0.6) is 5.75 Å². The number of ether oxygens (including phenoxy) is 1. The van der Waals surface area contributed by atoms with E-state index in [0.717, 1.165) is 31.7 Å². The fourth-order valence-electron chi connectivity index (χ4n) is 2.52. The van der Waals surface area contributed by atoms with Gasteiger partial charge in [0.1, 0.15) is 11.9 Å². The van der Waals surface area contributed by atoms with Crippen molar-refractivity contribution in [3.05, 3.63) is 29.3 Å². The molecule has 116 valence electrons. The van der Waals surface area contributed by atoms with E-state index in [1.807, 2.05) is 29.2 Å². The number of piperidine rings is 1. The summed E-state index contributed by atoms with van der Waals surface area (Å²) in [7, 11) is 0. The van der Waals surface area contributed by atoms with Gasteiger partial charge in [-0.15, -0.1) is 0 Å². The van der Waals surface area contributed by atoms with E-state index < -0.39 is 0 Å². The minimum absolute atomic E-state index is 0.0468. The zero-order valence-corrected chi connectivity index (χ0v) is 13.8. The summed E-state index contributed by atoms with van der Waals surface area (Å²) in [6, 6.07) is 7.48. The van der Waals surface area contributed by atoms with E-state index in [1.165, 1.54) is 0 Å². The topological polar surface area (TPSA) is 29.5 Å². The Bertz CT molecular complexity index is 488. The molecular formula is C17H24ClNO2. The molecule has 0 unspecified atom stereocenters. The van der Waals surface area contributed by atoms with Crippen LogP contribution >= 0.6 is 11.6 Å². The monoisotopic (exact) mass is 309 g/mol. The molecule has 3 nitrogen and oxygen atoms in total. The molecule has 1 aromatic rings. The van der Waals surface area contributed by atoms with Gasteiger partial charge in [-0.05, 0) is 23.6 Å². The van der Waals surface area contributed by atoms with E-state index >= 15 is 0 Å². The van der Waals surface area contributed by atoms with E-state index in [0.29, 0.717) is 11.4 Å². The summed E-state index contributed by atoms with van der Waals surface area (Å²) >= 11 is 5.96. The van der Waals surface area contributed by atoms with Gasteiger partial charge in [0.15, 0.2) is 0 Å². The first-order valence-electron chi connectivity index (χ1n) is 7.53. The van der Waals surface area contributed by atoms with Crippen LogP contribution in [0.1, 0.15) is 40.0 Å². The third-order valence-corrected chi connectivity index (χ3v) is 3.81. The van der Waals surface area contributed by atoms with E-state index in [-0.39, 0.29) is 17.4 Å². The number of benzene rings is 1. The Balaban J connectivity index is 1.82. The molecule has 0 aromatic heterocycles. The Morgan fingerprint density at radius 2 is 2.00 bits per heavy atom. The molecular weight excluding hydrogens is 286 g/mol. The van der Waals surface area contributed by atoms with Crippen molar-refractivity contribution in [3.63, 3.8) is 0 Å². The minimum Gasteiger partial charge on any atom is -0.490 e. The van der Waals surface area contributed by atoms with Crippen molar-refractivity contribution >= 4 is 17.5 Å². The Labute approximate surface area is 132 Å². The normalized spacial score (nSPS) is 16.9. The van der Waals surface area contributed by atoms with Gasteiger partial charge in [-0.1, -0.05) is 38.4 Å². The summed E-state index contributed by atoms with van der Waals surface area (Å²) in [5, 5.41) is 0.685. The first kappa shape index (κ1) is 16.2. The summed E-state index contributed by atoms with van der Waals surface area (Å²) < 4.78 is 5.94. The highest BCUT2D eigenvalue weighted by Gasteiger charge is 2.26. The summed E-state index contributed by atoms with van der Waals surface area (Å²) in [5.41, 5.74) is 0.0468. The molecule has 1 heterocycles. The lowest BCUT2D eigenvalue weighted by Gasteiger charge is -2.33. The van der Waals surface area contributed by atoms with Crippen molar-refractivity contribution in [1.29, 1.82) is 0 Å². The number of hydrogen-bond donors (Lipinski definition) is 0. The zero-order valence-electron chi connectivity index (χ0n) is 13.1. The number of amides is 1. The molecule has 21 heavy (non-hydrogen) atoms. The van der Waals surface area contributed by atoms with Crippen molar-refractivity contribution in [2.24, 2.45) is 5.41 Å². The third-order valence-electron chi connectivity index (χ3n) is 3.58. The van der Waals surface area contributed by atoms with Crippen LogP contribution in [0.2, 0.25) is 5.02 Å². The molecule has 0 aliphatic carbocycles. The predicted molar refractivity (Wildman–Crippen MR) is 85.8 cm³/mol. The van der Waals surface area contributed by atoms with E-state index in [4.69, 9.17) is 16.3 Å². The maximum atomic E-state index is 12.2. The second-order valence-electron chi connectivity index (χ2n) is 6.89. The molecule has 0 radical (unpaired) electrons. The average Bonchev–Trinajstić information content (AvgIpc) is 2.37. The fourth-order valence-corrected chi connectivity index (χ4v) is 2.70. The highest BCUT2D eigenvalue weighted by atomic mass is 35.5. The molecule has 1 amide bonds. The van der Waals surface area contributed by atoms with Crippen LogP contribution in [0.25, 0.3) is 0 Å². The number of rotatable bonds is 3. The lowest BCUT2D eigenvalue weighted by Crippen LogP contribution is -2.42. The molecule has 0 spiro atoms. The number of carbonyl (C=O) groups excluding carboxylic acids is 1. The Kier molecular flexibility index (Phi) is 5.15. The van der Waals surface area contributed by atoms with E-state index in [9.17, 15) is 4.79 Å². The second-order valence-corrected chi connectivity index (χ2v) is 7.33. The molecule has 4 heteroatoms. The SMILES string of the molecule is CC(C)(C)CC(=O)N1CCC(Oc2cccc(Cl)c2)CC1. The molecule has 1 aromatic carbocycles.